The van der Waals surface area contributed by atoms with Crippen LogP contribution in [0.5, 0.6) is 0 Å². The fourth-order valence-corrected chi connectivity index (χ4v) is 3.22. The highest BCUT2D eigenvalue weighted by Gasteiger charge is 2.38. The van der Waals surface area contributed by atoms with Gasteiger partial charge in [-0.15, -0.1) is 0 Å². The Morgan fingerprint density at radius 1 is 1.19 bits per heavy atom. The van der Waals surface area contributed by atoms with Crippen LogP contribution >= 0.6 is 0 Å². The molecule has 0 heterocycles. The van der Waals surface area contributed by atoms with E-state index in [1.807, 2.05) is 7.11 Å². The van der Waals surface area contributed by atoms with Gasteiger partial charge >= 0.3 is 0 Å². The predicted octanol–water partition coefficient (Wildman–Crippen LogP) is 3.35. The van der Waals surface area contributed by atoms with Crippen molar-refractivity contribution < 1.29 is 4.74 Å². The zero-order chi connectivity index (χ0) is 12.2. The molecule has 0 aromatic heterocycles. The predicted molar refractivity (Wildman–Crippen MR) is 69.4 cm³/mol. The summed E-state index contributed by atoms with van der Waals surface area (Å²) in [4.78, 5) is 0. The van der Waals surface area contributed by atoms with Crippen molar-refractivity contribution in [1.82, 2.24) is 0 Å². The maximum atomic E-state index is 6.48. The van der Waals surface area contributed by atoms with Crippen LogP contribution in [0.4, 0.5) is 0 Å². The molecule has 2 N–H and O–H groups in total. The van der Waals surface area contributed by atoms with E-state index >= 15 is 0 Å². The number of ether oxygens (including phenoxy) is 1. The molecule has 0 aliphatic heterocycles. The first-order valence-corrected chi connectivity index (χ1v) is 6.90. The second-order valence-corrected chi connectivity index (χ2v) is 5.52. The Balaban J connectivity index is 2.64. The van der Waals surface area contributed by atoms with Crippen molar-refractivity contribution in [2.24, 2.45) is 17.6 Å². The molecule has 16 heavy (non-hydrogen) atoms. The Morgan fingerprint density at radius 2 is 1.69 bits per heavy atom. The first kappa shape index (κ1) is 14.0. The molecule has 2 nitrogen and oxygen atoms in total. The van der Waals surface area contributed by atoms with E-state index in [2.05, 4.69) is 20.8 Å². The van der Waals surface area contributed by atoms with E-state index in [4.69, 9.17) is 10.5 Å². The molecule has 0 radical (unpaired) electrons. The summed E-state index contributed by atoms with van der Waals surface area (Å²) in [6, 6.07) is 0.208. The molecule has 1 unspecified atom stereocenters. The van der Waals surface area contributed by atoms with Gasteiger partial charge in [0, 0.05) is 13.2 Å². The van der Waals surface area contributed by atoms with Crippen molar-refractivity contribution in [1.29, 1.82) is 0 Å². The first-order chi connectivity index (χ1) is 7.59. The number of rotatable bonds is 5. The quantitative estimate of drug-likeness (QED) is 0.781. The van der Waals surface area contributed by atoms with Gasteiger partial charge in [0.05, 0.1) is 5.60 Å². The summed E-state index contributed by atoms with van der Waals surface area (Å²) in [6.45, 7) is 6.74. The van der Waals surface area contributed by atoms with E-state index in [0.29, 0.717) is 5.92 Å². The lowest BCUT2D eigenvalue weighted by molar-refractivity contribution is -0.0570. The van der Waals surface area contributed by atoms with Crippen LogP contribution in [-0.4, -0.2) is 18.8 Å². The Morgan fingerprint density at radius 3 is 2.06 bits per heavy atom. The van der Waals surface area contributed by atoms with E-state index in [-0.39, 0.29) is 11.6 Å². The summed E-state index contributed by atoms with van der Waals surface area (Å²) in [5.74, 6) is 1.56. The third-order valence-corrected chi connectivity index (χ3v) is 4.78. The Hall–Kier alpha value is -0.0800. The topological polar surface area (TPSA) is 35.2 Å². The largest absolute Gasteiger partial charge is 0.377 e. The summed E-state index contributed by atoms with van der Waals surface area (Å²) < 4.78 is 5.75. The average molecular weight is 227 g/mol. The van der Waals surface area contributed by atoms with Gasteiger partial charge in [0.25, 0.3) is 0 Å². The van der Waals surface area contributed by atoms with Crippen LogP contribution in [0.15, 0.2) is 0 Å². The fourth-order valence-electron chi connectivity index (χ4n) is 3.22. The molecule has 1 fully saturated rings. The van der Waals surface area contributed by atoms with Gasteiger partial charge in [-0.3, -0.25) is 0 Å². The molecular formula is C14H29NO. The van der Waals surface area contributed by atoms with Gasteiger partial charge in [-0.1, -0.05) is 33.6 Å². The van der Waals surface area contributed by atoms with Crippen molar-refractivity contribution in [3.63, 3.8) is 0 Å². The molecule has 0 aromatic rings. The lowest BCUT2D eigenvalue weighted by Gasteiger charge is -2.42. The van der Waals surface area contributed by atoms with Crippen molar-refractivity contribution >= 4 is 0 Å². The Bertz CT molecular complexity index is 185. The highest BCUT2D eigenvalue weighted by Crippen LogP contribution is 2.36. The van der Waals surface area contributed by atoms with Gasteiger partial charge in [0.15, 0.2) is 0 Å². The van der Waals surface area contributed by atoms with Crippen LogP contribution in [-0.2, 0) is 4.74 Å². The van der Waals surface area contributed by atoms with Crippen LogP contribution in [0.25, 0.3) is 0 Å². The smallest absolute Gasteiger partial charge is 0.0826 e. The van der Waals surface area contributed by atoms with Crippen LogP contribution in [0.2, 0.25) is 0 Å². The maximum Gasteiger partial charge on any atom is 0.0826 e. The third kappa shape index (κ3) is 2.78. The normalized spacial score (nSPS) is 29.1. The summed E-state index contributed by atoms with van der Waals surface area (Å²) in [5, 5.41) is 0. The molecular weight excluding hydrogens is 198 g/mol. The van der Waals surface area contributed by atoms with E-state index in [1.165, 1.54) is 25.7 Å². The lowest BCUT2D eigenvalue weighted by atomic mass is 9.72. The Kier molecular flexibility index (Phi) is 5.26. The molecule has 0 saturated heterocycles. The molecule has 0 bridgehead atoms. The fraction of sp³-hybridized carbons (Fsp3) is 1.00. The molecule has 1 rings (SSSR count). The van der Waals surface area contributed by atoms with Gasteiger partial charge < -0.3 is 10.5 Å². The molecule has 96 valence electrons. The Labute approximate surface area is 101 Å². The van der Waals surface area contributed by atoms with E-state index in [1.54, 1.807) is 0 Å². The van der Waals surface area contributed by atoms with Gasteiger partial charge in [0.1, 0.15) is 0 Å². The van der Waals surface area contributed by atoms with Crippen LogP contribution in [0.1, 0.15) is 59.3 Å². The summed E-state index contributed by atoms with van der Waals surface area (Å²) in [5.41, 5.74) is 6.39. The van der Waals surface area contributed by atoms with Crippen LogP contribution < -0.4 is 5.73 Å². The van der Waals surface area contributed by atoms with E-state index in [9.17, 15) is 0 Å². The molecule has 1 aliphatic carbocycles. The second-order valence-electron chi connectivity index (χ2n) is 5.52. The number of nitrogens with two attached hydrogens (primary N) is 1. The van der Waals surface area contributed by atoms with Crippen molar-refractivity contribution in [2.75, 3.05) is 7.11 Å². The molecule has 1 aliphatic rings. The molecule has 0 aromatic carbocycles. The molecule has 1 atom stereocenters. The van der Waals surface area contributed by atoms with Gasteiger partial charge in [0.2, 0.25) is 0 Å². The second kappa shape index (κ2) is 6.02. The molecule has 0 amide bonds. The SMILES string of the molecule is CCC(CC)(OC)C(N)C1CCC(C)CC1. The van der Waals surface area contributed by atoms with Crippen molar-refractivity contribution in [3.8, 4) is 0 Å². The third-order valence-electron chi connectivity index (χ3n) is 4.78. The highest BCUT2D eigenvalue weighted by atomic mass is 16.5. The number of hydrogen-bond acceptors (Lipinski definition) is 2. The van der Waals surface area contributed by atoms with E-state index < -0.39 is 0 Å². The number of hydrogen-bond donors (Lipinski definition) is 1. The first-order valence-electron chi connectivity index (χ1n) is 6.90. The number of methoxy groups -OCH3 is 1. The van der Waals surface area contributed by atoms with Crippen molar-refractivity contribution in [3.05, 3.63) is 0 Å². The average Bonchev–Trinajstić information content (AvgIpc) is 2.33. The molecule has 2 heteroatoms. The van der Waals surface area contributed by atoms with E-state index in [0.717, 1.165) is 18.8 Å². The maximum absolute atomic E-state index is 6.48. The summed E-state index contributed by atoms with van der Waals surface area (Å²) in [7, 11) is 1.82. The van der Waals surface area contributed by atoms with Gasteiger partial charge in [-0.25, -0.2) is 0 Å². The van der Waals surface area contributed by atoms with Crippen LogP contribution in [0.3, 0.4) is 0 Å². The summed E-state index contributed by atoms with van der Waals surface area (Å²) in [6.07, 6.45) is 7.29. The van der Waals surface area contributed by atoms with Gasteiger partial charge in [-0.05, 0) is 37.5 Å². The van der Waals surface area contributed by atoms with Crippen molar-refractivity contribution in [2.45, 2.75) is 70.9 Å². The lowest BCUT2D eigenvalue weighted by Crippen LogP contribution is -2.53. The molecule has 1 saturated carbocycles. The monoisotopic (exact) mass is 227 g/mol. The highest BCUT2D eigenvalue weighted by molar-refractivity contribution is 4.94. The summed E-state index contributed by atoms with van der Waals surface area (Å²) >= 11 is 0. The molecule has 0 spiro atoms. The van der Waals surface area contributed by atoms with Gasteiger partial charge in [-0.2, -0.15) is 0 Å². The standard InChI is InChI=1S/C14H29NO/c1-5-14(6-2,16-4)13(15)12-9-7-11(3)8-10-12/h11-13H,5-10,15H2,1-4H3. The minimum atomic E-state index is -0.0920. The van der Waals surface area contributed by atoms with Crippen LogP contribution in [0, 0.1) is 11.8 Å². The zero-order valence-corrected chi connectivity index (χ0v) is 11.5. The minimum absolute atomic E-state index is 0.0920. The minimum Gasteiger partial charge on any atom is -0.377 e. The zero-order valence-electron chi connectivity index (χ0n) is 11.5.